The summed E-state index contributed by atoms with van der Waals surface area (Å²) in [4.78, 5) is 38.1. The molecule has 9 heteroatoms. The Labute approximate surface area is 134 Å². The Morgan fingerprint density at radius 1 is 1.38 bits per heavy atom. The first-order valence-corrected chi connectivity index (χ1v) is 6.94. The number of nitro benzene ring substituents is 1. The van der Waals surface area contributed by atoms with Crippen LogP contribution >= 0.6 is 0 Å². The van der Waals surface area contributed by atoms with Gasteiger partial charge in [0.25, 0.3) is 11.2 Å². The monoisotopic (exact) mass is 328 g/mol. The van der Waals surface area contributed by atoms with E-state index in [1.165, 1.54) is 18.3 Å². The van der Waals surface area contributed by atoms with E-state index in [0.29, 0.717) is 16.8 Å². The average Bonchev–Trinajstić information content (AvgIpc) is 2.96. The minimum atomic E-state index is -1.18. The van der Waals surface area contributed by atoms with Gasteiger partial charge in [0, 0.05) is 36.0 Å². The number of benzene rings is 1. The number of nitrogens with one attached hydrogen (secondary N) is 1. The van der Waals surface area contributed by atoms with Crippen LogP contribution in [0.3, 0.4) is 0 Å². The van der Waals surface area contributed by atoms with Gasteiger partial charge in [0.05, 0.1) is 4.92 Å². The lowest BCUT2D eigenvalue weighted by Crippen LogP contribution is -2.22. The normalized spacial score (nSPS) is 10.9. The van der Waals surface area contributed by atoms with Crippen LogP contribution < -0.4 is 5.56 Å². The predicted octanol–water partition coefficient (Wildman–Crippen LogP) is 1.53. The second kappa shape index (κ2) is 5.61. The Morgan fingerprint density at radius 3 is 2.62 bits per heavy atom. The fourth-order valence-electron chi connectivity index (χ4n) is 2.46. The maximum Gasteiger partial charge on any atom is 0.341 e. The molecular formula is C15H12N4O5. The second-order valence-corrected chi connectivity index (χ2v) is 5.23. The number of rotatable bonds is 4. The van der Waals surface area contributed by atoms with Crippen LogP contribution in [0.25, 0.3) is 5.65 Å². The maximum atomic E-state index is 12.6. The number of hydrogen-bond acceptors (Lipinski definition) is 5. The van der Waals surface area contributed by atoms with Crippen LogP contribution in [0, 0.1) is 17.0 Å². The standard InChI is InChI=1S/C15H12N4O5/c1-8-11(6-9-2-4-10(5-3-9)19(23)24)14(20)18-13(17-8)12(7-16-18)15(21)22/h2-5,7,16H,6H2,1H3,(H,21,22). The maximum absolute atomic E-state index is 12.6. The summed E-state index contributed by atoms with van der Waals surface area (Å²) in [6.07, 6.45) is 1.45. The number of aromatic nitrogens is 3. The number of nitrogens with zero attached hydrogens (tertiary/aromatic N) is 3. The Morgan fingerprint density at radius 2 is 2.04 bits per heavy atom. The third-order valence-electron chi connectivity index (χ3n) is 3.72. The number of carboxylic acid groups (broad SMARTS) is 1. The molecule has 0 amide bonds. The molecule has 0 unspecified atom stereocenters. The van der Waals surface area contributed by atoms with Crippen molar-refractivity contribution in [2.45, 2.75) is 13.3 Å². The summed E-state index contributed by atoms with van der Waals surface area (Å²) in [5.41, 5.74) is 1.06. The number of hydrogen-bond donors (Lipinski definition) is 2. The molecule has 2 heterocycles. The number of carboxylic acids is 1. The summed E-state index contributed by atoms with van der Waals surface area (Å²) >= 11 is 0. The molecule has 122 valence electrons. The number of non-ortho nitro benzene ring substituents is 1. The van der Waals surface area contributed by atoms with Crippen molar-refractivity contribution < 1.29 is 14.8 Å². The predicted molar refractivity (Wildman–Crippen MR) is 83.4 cm³/mol. The van der Waals surface area contributed by atoms with Crippen LogP contribution in [-0.4, -0.2) is 30.6 Å². The van der Waals surface area contributed by atoms with Gasteiger partial charge < -0.3 is 5.11 Å². The minimum Gasteiger partial charge on any atom is -0.477 e. The van der Waals surface area contributed by atoms with Gasteiger partial charge in [-0.1, -0.05) is 12.1 Å². The largest absolute Gasteiger partial charge is 0.477 e. The number of carbonyl (C=O) groups is 1. The third kappa shape index (κ3) is 2.51. The fourth-order valence-corrected chi connectivity index (χ4v) is 2.46. The lowest BCUT2D eigenvalue weighted by molar-refractivity contribution is -0.384. The van der Waals surface area contributed by atoms with Crippen molar-refractivity contribution in [1.82, 2.24) is 14.6 Å². The van der Waals surface area contributed by atoms with E-state index in [9.17, 15) is 19.7 Å². The molecule has 0 aliphatic carbocycles. The molecule has 0 aliphatic rings. The summed E-state index contributed by atoms with van der Waals surface area (Å²) in [7, 11) is 0. The zero-order chi connectivity index (χ0) is 17.4. The molecule has 0 aliphatic heterocycles. The molecule has 0 bridgehead atoms. The van der Waals surface area contributed by atoms with Crippen LogP contribution in [-0.2, 0) is 6.42 Å². The van der Waals surface area contributed by atoms with Crippen LogP contribution in [0.15, 0.2) is 35.3 Å². The van der Waals surface area contributed by atoms with Gasteiger partial charge in [-0.25, -0.2) is 14.3 Å². The average molecular weight is 328 g/mol. The topological polar surface area (TPSA) is 131 Å². The quantitative estimate of drug-likeness (QED) is 0.551. The molecule has 9 nitrogen and oxygen atoms in total. The Hall–Kier alpha value is -3.49. The number of nitro groups is 1. The van der Waals surface area contributed by atoms with Crippen molar-refractivity contribution in [2.24, 2.45) is 0 Å². The molecule has 0 spiro atoms. The molecule has 0 radical (unpaired) electrons. The van der Waals surface area contributed by atoms with Gasteiger partial charge in [0.1, 0.15) is 5.56 Å². The molecule has 0 fully saturated rings. The van der Waals surface area contributed by atoms with Gasteiger partial charge >= 0.3 is 5.97 Å². The summed E-state index contributed by atoms with van der Waals surface area (Å²) < 4.78 is 1.08. The highest BCUT2D eigenvalue weighted by Gasteiger charge is 2.17. The fraction of sp³-hybridized carbons (Fsp3) is 0.133. The zero-order valence-electron chi connectivity index (χ0n) is 12.5. The SMILES string of the molecule is Cc1nc2c(C(=O)O)c[nH]n2c(=O)c1Cc1ccc([N+](=O)[O-])cc1. The van der Waals surface area contributed by atoms with E-state index >= 15 is 0 Å². The third-order valence-corrected chi connectivity index (χ3v) is 3.72. The first-order chi connectivity index (χ1) is 11.4. The number of aromatic amines is 1. The smallest absolute Gasteiger partial charge is 0.341 e. The van der Waals surface area contributed by atoms with Gasteiger partial charge in [-0.05, 0) is 12.5 Å². The molecule has 3 rings (SSSR count). The molecule has 0 atom stereocenters. The highest BCUT2D eigenvalue weighted by molar-refractivity contribution is 5.94. The lowest BCUT2D eigenvalue weighted by atomic mass is 10.0. The minimum absolute atomic E-state index is 0.0313. The van der Waals surface area contributed by atoms with Crippen molar-refractivity contribution in [3.8, 4) is 0 Å². The van der Waals surface area contributed by atoms with Gasteiger partial charge in [0.2, 0.25) is 0 Å². The van der Waals surface area contributed by atoms with E-state index in [0.717, 1.165) is 4.52 Å². The van der Waals surface area contributed by atoms with E-state index < -0.39 is 16.5 Å². The van der Waals surface area contributed by atoms with Crippen molar-refractivity contribution in [3.63, 3.8) is 0 Å². The first-order valence-electron chi connectivity index (χ1n) is 6.94. The van der Waals surface area contributed by atoms with Crippen molar-refractivity contribution in [3.05, 3.63) is 73.3 Å². The summed E-state index contributed by atoms with van der Waals surface area (Å²) in [6.45, 7) is 1.63. The molecule has 0 saturated carbocycles. The summed E-state index contributed by atoms with van der Waals surface area (Å²) in [5, 5.41) is 22.4. The van der Waals surface area contributed by atoms with Crippen LogP contribution in [0.5, 0.6) is 0 Å². The second-order valence-electron chi connectivity index (χ2n) is 5.23. The molecule has 3 aromatic rings. The molecular weight excluding hydrogens is 316 g/mol. The summed E-state index contributed by atoms with van der Waals surface area (Å²) in [5.74, 6) is -1.18. The first kappa shape index (κ1) is 15.4. The van der Waals surface area contributed by atoms with Crippen LogP contribution in [0.4, 0.5) is 5.69 Å². The van der Waals surface area contributed by atoms with Crippen LogP contribution in [0.2, 0.25) is 0 Å². The van der Waals surface area contributed by atoms with E-state index in [1.807, 2.05) is 0 Å². The molecule has 1 aromatic carbocycles. The molecule has 2 N–H and O–H groups in total. The Bertz CT molecular complexity index is 1020. The molecule has 2 aromatic heterocycles. The zero-order valence-corrected chi connectivity index (χ0v) is 12.5. The highest BCUT2D eigenvalue weighted by Crippen LogP contribution is 2.16. The number of fused-ring (bicyclic) bond motifs is 1. The lowest BCUT2D eigenvalue weighted by Gasteiger charge is -2.06. The molecule has 0 saturated heterocycles. The highest BCUT2D eigenvalue weighted by atomic mass is 16.6. The van der Waals surface area contributed by atoms with Gasteiger partial charge in [-0.3, -0.25) is 20.0 Å². The van der Waals surface area contributed by atoms with E-state index in [1.54, 1.807) is 19.1 Å². The Kier molecular flexibility index (Phi) is 3.60. The molecule has 24 heavy (non-hydrogen) atoms. The van der Waals surface area contributed by atoms with Gasteiger partial charge in [0.15, 0.2) is 5.65 Å². The van der Waals surface area contributed by atoms with Crippen molar-refractivity contribution in [2.75, 3.05) is 0 Å². The van der Waals surface area contributed by atoms with E-state index in [-0.39, 0.29) is 23.3 Å². The van der Waals surface area contributed by atoms with Gasteiger partial charge in [-0.15, -0.1) is 0 Å². The Balaban J connectivity index is 2.05. The number of aryl methyl sites for hydroxylation is 1. The number of aromatic carboxylic acids is 1. The van der Waals surface area contributed by atoms with E-state index in [4.69, 9.17) is 5.11 Å². The van der Waals surface area contributed by atoms with Crippen LogP contribution in [0.1, 0.15) is 27.2 Å². The van der Waals surface area contributed by atoms with Crippen molar-refractivity contribution >= 4 is 17.3 Å². The number of H-pyrrole nitrogens is 1. The van der Waals surface area contributed by atoms with Gasteiger partial charge in [-0.2, -0.15) is 0 Å². The van der Waals surface area contributed by atoms with E-state index in [2.05, 4.69) is 10.1 Å². The van der Waals surface area contributed by atoms with Crippen molar-refractivity contribution in [1.29, 1.82) is 0 Å². The summed E-state index contributed by atoms with van der Waals surface area (Å²) in [6, 6.07) is 5.88.